The molecule has 100 valence electrons. The maximum Gasteiger partial charge on any atom is 0.260 e. The lowest BCUT2D eigenvalue weighted by molar-refractivity contribution is -0.127. The normalized spacial score (nSPS) is 11.9. The first-order valence-corrected chi connectivity index (χ1v) is 6.37. The summed E-state index contributed by atoms with van der Waals surface area (Å²) in [6.45, 7) is 4.45. The number of para-hydroxylation sites is 2. The number of unbranched alkanes of at least 4 members (excludes halogenated alkanes) is 2. The van der Waals surface area contributed by atoms with Crippen molar-refractivity contribution in [3.63, 3.8) is 0 Å². The van der Waals surface area contributed by atoms with Crippen molar-refractivity contribution in [3.05, 3.63) is 24.3 Å². The number of nitrogens with one attached hydrogen (secondary N) is 1. The fourth-order valence-electron chi connectivity index (χ4n) is 1.53. The maximum atomic E-state index is 11.7. The molecule has 0 aliphatic heterocycles. The molecule has 1 amide bonds. The highest BCUT2D eigenvalue weighted by Crippen LogP contribution is 2.25. The van der Waals surface area contributed by atoms with Crippen LogP contribution in [-0.4, -0.2) is 23.7 Å². The molecule has 1 aromatic rings. The molecule has 0 aliphatic rings. The third-order valence-corrected chi connectivity index (χ3v) is 2.62. The van der Waals surface area contributed by atoms with Gasteiger partial charge in [-0.3, -0.25) is 4.79 Å². The lowest BCUT2D eigenvalue weighted by atomic mass is 10.2. The summed E-state index contributed by atoms with van der Waals surface area (Å²) in [5.41, 5.74) is 0. The quantitative estimate of drug-likeness (QED) is 0.732. The summed E-state index contributed by atoms with van der Waals surface area (Å²) in [5, 5.41) is 12.3. The van der Waals surface area contributed by atoms with Crippen LogP contribution in [0.25, 0.3) is 0 Å². The van der Waals surface area contributed by atoms with E-state index >= 15 is 0 Å². The molecule has 1 aromatic carbocycles. The second-order valence-electron chi connectivity index (χ2n) is 4.23. The number of aromatic hydroxyl groups is 1. The van der Waals surface area contributed by atoms with Gasteiger partial charge in [0.2, 0.25) is 0 Å². The molecule has 0 aliphatic carbocycles. The molecule has 1 atom stereocenters. The molecular formula is C14H21NO3. The van der Waals surface area contributed by atoms with Crippen molar-refractivity contribution in [2.24, 2.45) is 0 Å². The zero-order chi connectivity index (χ0) is 13.4. The van der Waals surface area contributed by atoms with E-state index in [-0.39, 0.29) is 11.7 Å². The fourth-order valence-corrected chi connectivity index (χ4v) is 1.53. The minimum atomic E-state index is -0.611. The zero-order valence-electron chi connectivity index (χ0n) is 11.0. The van der Waals surface area contributed by atoms with E-state index in [1.54, 1.807) is 25.1 Å². The number of phenols is 1. The fraction of sp³-hybridized carbons (Fsp3) is 0.500. The molecule has 0 spiro atoms. The van der Waals surface area contributed by atoms with E-state index < -0.39 is 6.10 Å². The van der Waals surface area contributed by atoms with Gasteiger partial charge in [-0.25, -0.2) is 0 Å². The van der Waals surface area contributed by atoms with Crippen LogP contribution in [0.5, 0.6) is 11.5 Å². The van der Waals surface area contributed by atoms with Crippen molar-refractivity contribution in [2.75, 3.05) is 6.54 Å². The number of hydrogen-bond acceptors (Lipinski definition) is 3. The highest BCUT2D eigenvalue weighted by molar-refractivity contribution is 5.80. The van der Waals surface area contributed by atoms with Crippen LogP contribution >= 0.6 is 0 Å². The standard InChI is InChI=1S/C14H21NO3/c1-3-4-7-10-15-14(17)11(2)18-13-9-6-5-8-12(13)16/h5-6,8-9,11,16H,3-4,7,10H2,1-2H3,(H,15,17). The number of benzene rings is 1. The van der Waals surface area contributed by atoms with Crippen LogP contribution in [0.2, 0.25) is 0 Å². The van der Waals surface area contributed by atoms with E-state index in [2.05, 4.69) is 12.2 Å². The van der Waals surface area contributed by atoms with Gasteiger partial charge in [0.25, 0.3) is 5.91 Å². The molecule has 0 fully saturated rings. The van der Waals surface area contributed by atoms with Crippen LogP contribution in [-0.2, 0) is 4.79 Å². The van der Waals surface area contributed by atoms with Crippen LogP contribution in [0.4, 0.5) is 0 Å². The Bertz CT molecular complexity index is 379. The lowest BCUT2D eigenvalue weighted by Crippen LogP contribution is -2.36. The van der Waals surface area contributed by atoms with E-state index in [0.29, 0.717) is 12.3 Å². The third-order valence-electron chi connectivity index (χ3n) is 2.62. The number of carbonyl (C=O) groups is 1. The number of carbonyl (C=O) groups excluding carboxylic acids is 1. The van der Waals surface area contributed by atoms with Gasteiger partial charge in [0, 0.05) is 6.54 Å². The van der Waals surface area contributed by atoms with Crippen LogP contribution in [0.15, 0.2) is 24.3 Å². The summed E-state index contributed by atoms with van der Waals surface area (Å²) in [6.07, 6.45) is 2.60. The van der Waals surface area contributed by atoms with Crippen molar-refractivity contribution in [2.45, 2.75) is 39.2 Å². The highest BCUT2D eigenvalue weighted by atomic mass is 16.5. The number of ether oxygens (including phenoxy) is 1. The average molecular weight is 251 g/mol. The molecule has 0 saturated carbocycles. The van der Waals surface area contributed by atoms with E-state index in [1.165, 1.54) is 6.07 Å². The van der Waals surface area contributed by atoms with Gasteiger partial charge in [-0.2, -0.15) is 0 Å². The largest absolute Gasteiger partial charge is 0.504 e. The number of phenolic OH excluding ortho intramolecular Hbond substituents is 1. The maximum absolute atomic E-state index is 11.7. The Balaban J connectivity index is 2.38. The highest BCUT2D eigenvalue weighted by Gasteiger charge is 2.15. The topological polar surface area (TPSA) is 58.6 Å². The Morgan fingerprint density at radius 3 is 2.78 bits per heavy atom. The Morgan fingerprint density at radius 1 is 1.39 bits per heavy atom. The van der Waals surface area contributed by atoms with Gasteiger partial charge in [-0.15, -0.1) is 0 Å². The van der Waals surface area contributed by atoms with Crippen LogP contribution in [0, 0.1) is 0 Å². The molecule has 1 unspecified atom stereocenters. The Labute approximate surface area is 108 Å². The van der Waals surface area contributed by atoms with Gasteiger partial charge in [-0.1, -0.05) is 31.9 Å². The predicted octanol–water partition coefficient (Wildman–Crippen LogP) is 2.47. The summed E-state index contributed by atoms with van der Waals surface area (Å²) in [4.78, 5) is 11.7. The van der Waals surface area contributed by atoms with Gasteiger partial charge in [0.15, 0.2) is 17.6 Å². The minimum Gasteiger partial charge on any atom is -0.504 e. The Hall–Kier alpha value is -1.71. The number of hydrogen-bond donors (Lipinski definition) is 2. The smallest absolute Gasteiger partial charge is 0.260 e. The first kappa shape index (κ1) is 14.4. The number of amides is 1. The molecule has 0 radical (unpaired) electrons. The van der Waals surface area contributed by atoms with Crippen LogP contribution in [0.3, 0.4) is 0 Å². The first-order valence-electron chi connectivity index (χ1n) is 6.37. The van der Waals surface area contributed by atoms with Crippen molar-refractivity contribution in [1.82, 2.24) is 5.32 Å². The molecule has 4 heteroatoms. The number of rotatable bonds is 7. The second-order valence-corrected chi connectivity index (χ2v) is 4.23. The average Bonchev–Trinajstić information content (AvgIpc) is 2.37. The van der Waals surface area contributed by atoms with Crippen molar-refractivity contribution < 1.29 is 14.6 Å². The van der Waals surface area contributed by atoms with Gasteiger partial charge in [0.1, 0.15) is 0 Å². The van der Waals surface area contributed by atoms with Gasteiger partial charge in [-0.05, 0) is 25.5 Å². The molecule has 0 aromatic heterocycles. The van der Waals surface area contributed by atoms with Gasteiger partial charge in [0.05, 0.1) is 0 Å². The van der Waals surface area contributed by atoms with Gasteiger partial charge >= 0.3 is 0 Å². The summed E-state index contributed by atoms with van der Waals surface area (Å²) >= 11 is 0. The van der Waals surface area contributed by atoms with Crippen molar-refractivity contribution in [1.29, 1.82) is 0 Å². The van der Waals surface area contributed by atoms with E-state index in [1.807, 2.05) is 0 Å². The van der Waals surface area contributed by atoms with E-state index in [0.717, 1.165) is 19.3 Å². The second kappa shape index (κ2) is 7.58. The van der Waals surface area contributed by atoms with Gasteiger partial charge < -0.3 is 15.2 Å². The van der Waals surface area contributed by atoms with Crippen molar-refractivity contribution in [3.8, 4) is 11.5 Å². The summed E-state index contributed by atoms with van der Waals surface area (Å²) in [7, 11) is 0. The molecular weight excluding hydrogens is 230 g/mol. The molecule has 2 N–H and O–H groups in total. The molecule has 1 rings (SSSR count). The molecule has 4 nitrogen and oxygen atoms in total. The Kier molecular flexibility index (Phi) is 6.05. The summed E-state index contributed by atoms with van der Waals surface area (Å²) in [5.74, 6) is 0.214. The summed E-state index contributed by atoms with van der Waals surface area (Å²) in [6, 6.07) is 6.62. The summed E-state index contributed by atoms with van der Waals surface area (Å²) < 4.78 is 5.40. The monoisotopic (exact) mass is 251 g/mol. The molecule has 0 bridgehead atoms. The molecule has 18 heavy (non-hydrogen) atoms. The van der Waals surface area contributed by atoms with E-state index in [4.69, 9.17) is 4.74 Å². The molecule has 0 heterocycles. The third kappa shape index (κ3) is 4.65. The predicted molar refractivity (Wildman–Crippen MR) is 70.7 cm³/mol. The van der Waals surface area contributed by atoms with E-state index in [9.17, 15) is 9.90 Å². The van der Waals surface area contributed by atoms with Crippen molar-refractivity contribution >= 4 is 5.91 Å². The minimum absolute atomic E-state index is 0.0446. The van der Waals surface area contributed by atoms with Crippen LogP contribution in [0.1, 0.15) is 33.1 Å². The molecule has 0 saturated heterocycles. The first-order chi connectivity index (χ1) is 8.65. The zero-order valence-corrected chi connectivity index (χ0v) is 11.0. The Morgan fingerprint density at radius 2 is 2.11 bits per heavy atom. The SMILES string of the molecule is CCCCCNC(=O)C(C)Oc1ccccc1O. The lowest BCUT2D eigenvalue weighted by Gasteiger charge is -2.15. The van der Waals surface area contributed by atoms with Crippen LogP contribution < -0.4 is 10.1 Å².